The van der Waals surface area contributed by atoms with Crippen LogP contribution in [0.2, 0.25) is 0 Å². The van der Waals surface area contributed by atoms with Gasteiger partial charge in [0.05, 0.1) is 26.4 Å². The van der Waals surface area contributed by atoms with Gasteiger partial charge in [0.15, 0.2) is 5.96 Å². The molecule has 2 N–H and O–H groups in total. The lowest BCUT2D eigenvalue weighted by molar-refractivity contribution is -0.00684. The molecule has 0 atom stereocenters. The Balaban J connectivity index is 1.71. The Hall–Kier alpha value is -0.850. The van der Waals surface area contributed by atoms with Crippen LogP contribution < -0.4 is 10.6 Å². The summed E-state index contributed by atoms with van der Waals surface area (Å²) in [6.45, 7) is 14.3. The molecule has 0 radical (unpaired) electrons. The summed E-state index contributed by atoms with van der Waals surface area (Å²) in [6, 6.07) is 0. The van der Waals surface area contributed by atoms with E-state index in [1.165, 1.54) is 12.8 Å². The minimum Gasteiger partial charge on any atom is -0.379 e. The van der Waals surface area contributed by atoms with Crippen molar-refractivity contribution >= 4 is 5.96 Å². The summed E-state index contributed by atoms with van der Waals surface area (Å²) in [5.74, 6) is 1.70. The third-order valence-electron chi connectivity index (χ3n) is 4.42. The van der Waals surface area contributed by atoms with E-state index in [0.717, 1.165) is 71.0 Å². The van der Waals surface area contributed by atoms with E-state index in [2.05, 4.69) is 36.3 Å². The number of ether oxygens (including phenoxy) is 2. The Morgan fingerprint density at radius 1 is 1.26 bits per heavy atom. The molecular formula is C17H34N4O2. The van der Waals surface area contributed by atoms with Crippen molar-refractivity contribution in [1.29, 1.82) is 0 Å². The maximum atomic E-state index is 5.66. The fourth-order valence-electron chi connectivity index (χ4n) is 2.66. The first-order valence-electron chi connectivity index (χ1n) is 9.04. The van der Waals surface area contributed by atoms with Gasteiger partial charge in [0.2, 0.25) is 0 Å². The van der Waals surface area contributed by atoms with Crippen LogP contribution in [0.15, 0.2) is 4.99 Å². The van der Waals surface area contributed by atoms with Gasteiger partial charge in [0.1, 0.15) is 0 Å². The molecule has 2 fully saturated rings. The minimum atomic E-state index is 0.0502. The molecule has 2 rings (SSSR count). The predicted octanol–water partition coefficient (Wildman–Crippen LogP) is 1.08. The summed E-state index contributed by atoms with van der Waals surface area (Å²) in [4.78, 5) is 7.22. The Morgan fingerprint density at radius 3 is 2.65 bits per heavy atom. The maximum absolute atomic E-state index is 5.66. The van der Waals surface area contributed by atoms with Crippen LogP contribution in [0.25, 0.3) is 0 Å². The summed E-state index contributed by atoms with van der Waals surface area (Å²) in [7, 11) is 0. The highest BCUT2D eigenvalue weighted by atomic mass is 16.5. The first-order chi connectivity index (χ1) is 11.1. The number of hydrogen-bond acceptors (Lipinski definition) is 4. The van der Waals surface area contributed by atoms with Crippen LogP contribution in [-0.2, 0) is 9.47 Å². The number of nitrogens with one attached hydrogen (secondary N) is 2. The Bertz CT molecular complexity index is 364. The predicted molar refractivity (Wildman–Crippen MR) is 94.0 cm³/mol. The first kappa shape index (κ1) is 18.5. The zero-order valence-electron chi connectivity index (χ0n) is 15.1. The normalized spacial score (nSPS) is 20.6. The second-order valence-electron chi connectivity index (χ2n) is 7.05. The lowest BCUT2D eigenvalue weighted by Crippen LogP contribution is -2.52. The lowest BCUT2D eigenvalue weighted by atomic mass is 10.0. The van der Waals surface area contributed by atoms with Crippen molar-refractivity contribution in [2.24, 2.45) is 10.9 Å². The highest BCUT2D eigenvalue weighted by Crippen LogP contribution is 2.28. The molecule has 0 aromatic heterocycles. The number of morpholine rings is 1. The smallest absolute Gasteiger partial charge is 0.191 e. The van der Waals surface area contributed by atoms with E-state index in [9.17, 15) is 0 Å². The van der Waals surface area contributed by atoms with Gasteiger partial charge in [0.25, 0.3) is 0 Å². The van der Waals surface area contributed by atoms with E-state index in [1.54, 1.807) is 0 Å². The van der Waals surface area contributed by atoms with Crippen LogP contribution >= 0.6 is 0 Å². The van der Waals surface area contributed by atoms with Crippen LogP contribution in [0.3, 0.4) is 0 Å². The molecule has 134 valence electrons. The van der Waals surface area contributed by atoms with Gasteiger partial charge >= 0.3 is 0 Å². The van der Waals surface area contributed by atoms with E-state index >= 15 is 0 Å². The molecule has 2 aliphatic rings. The molecule has 0 aromatic rings. The zero-order chi connectivity index (χ0) is 16.5. The van der Waals surface area contributed by atoms with Crippen molar-refractivity contribution < 1.29 is 9.47 Å². The van der Waals surface area contributed by atoms with E-state index in [4.69, 9.17) is 14.5 Å². The SMILES string of the molecule is CCNC(=NCC(C)(C)N1CCOCC1)NCCOCC1CC1. The molecule has 1 heterocycles. The molecule has 6 nitrogen and oxygen atoms in total. The largest absolute Gasteiger partial charge is 0.379 e. The quantitative estimate of drug-likeness (QED) is 0.377. The average molecular weight is 326 g/mol. The Kier molecular flexibility index (Phi) is 7.59. The first-order valence-corrected chi connectivity index (χ1v) is 9.04. The summed E-state index contributed by atoms with van der Waals surface area (Å²) in [5, 5.41) is 6.67. The lowest BCUT2D eigenvalue weighted by Gasteiger charge is -2.39. The molecule has 23 heavy (non-hydrogen) atoms. The van der Waals surface area contributed by atoms with E-state index in [-0.39, 0.29) is 5.54 Å². The molecule has 0 unspecified atom stereocenters. The Morgan fingerprint density at radius 2 is 2.00 bits per heavy atom. The topological polar surface area (TPSA) is 58.1 Å². The standard InChI is InChI=1S/C17H34N4O2/c1-4-18-16(19-7-10-23-13-15-5-6-15)20-14-17(2,3)21-8-11-22-12-9-21/h15H,4-14H2,1-3H3,(H2,18,19,20). The highest BCUT2D eigenvalue weighted by molar-refractivity contribution is 5.79. The Labute approximate surface area is 141 Å². The van der Waals surface area contributed by atoms with Gasteiger partial charge in [-0.05, 0) is 39.5 Å². The third-order valence-corrected chi connectivity index (χ3v) is 4.42. The molecule has 1 saturated heterocycles. The third kappa shape index (κ3) is 7.06. The molecule has 0 amide bonds. The number of rotatable bonds is 9. The van der Waals surface area contributed by atoms with Crippen molar-refractivity contribution in [3.8, 4) is 0 Å². The van der Waals surface area contributed by atoms with E-state index < -0.39 is 0 Å². The average Bonchev–Trinajstić information content (AvgIpc) is 3.37. The minimum absolute atomic E-state index is 0.0502. The summed E-state index contributed by atoms with van der Waals surface area (Å²) >= 11 is 0. The van der Waals surface area contributed by atoms with Gasteiger partial charge in [-0.3, -0.25) is 9.89 Å². The molecule has 1 aliphatic heterocycles. The zero-order valence-corrected chi connectivity index (χ0v) is 15.1. The van der Waals surface area contributed by atoms with Gasteiger partial charge in [-0.15, -0.1) is 0 Å². The fourth-order valence-corrected chi connectivity index (χ4v) is 2.66. The monoisotopic (exact) mass is 326 g/mol. The van der Waals surface area contributed by atoms with Gasteiger partial charge in [-0.1, -0.05) is 0 Å². The molecule has 0 spiro atoms. The fraction of sp³-hybridized carbons (Fsp3) is 0.941. The van der Waals surface area contributed by atoms with Gasteiger partial charge < -0.3 is 20.1 Å². The van der Waals surface area contributed by atoms with Crippen molar-refractivity contribution in [2.45, 2.75) is 39.2 Å². The second-order valence-corrected chi connectivity index (χ2v) is 7.05. The van der Waals surface area contributed by atoms with Crippen LogP contribution in [0, 0.1) is 5.92 Å². The summed E-state index contributed by atoms with van der Waals surface area (Å²) in [6.07, 6.45) is 2.68. The molecule has 0 aromatic carbocycles. The van der Waals surface area contributed by atoms with Gasteiger partial charge in [-0.2, -0.15) is 0 Å². The summed E-state index contributed by atoms with van der Waals surface area (Å²) < 4.78 is 11.1. The summed E-state index contributed by atoms with van der Waals surface area (Å²) in [5.41, 5.74) is 0.0502. The van der Waals surface area contributed by atoms with E-state index in [0.29, 0.717) is 0 Å². The van der Waals surface area contributed by atoms with Crippen molar-refractivity contribution in [2.75, 3.05) is 59.2 Å². The van der Waals surface area contributed by atoms with Crippen LogP contribution in [0.5, 0.6) is 0 Å². The molecule has 1 saturated carbocycles. The maximum Gasteiger partial charge on any atom is 0.191 e. The molecular weight excluding hydrogens is 292 g/mol. The van der Waals surface area contributed by atoms with Crippen LogP contribution in [0.1, 0.15) is 33.6 Å². The number of nitrogens with zero attached hydrogens (tertiary/aromatic N) is 2. The highest BCUT2D eigenvalue weighted by Gasteiger charge is 2.28. The van der Waals surface area contributed by atoms with Gasteiger partial charge in [-0.25, -0.2) is 0 Å². The van der Waals surface area contributed by atoms with Crippen LogP contribution in [0.4, 0.5) is 0 Å². The van der Waals surface area contributed by atoms with Gasteiger partial charge in [0, 0.05) is 38.3 Å². The second kappa shape index (κ2) is 9.45. The number of hydrogen-bond donors (Lipinski definition) is 2. The number of guanidine groups is 1. The number of aliphatic imine (C=N–C) groups is 1. The van der Waals surface area contributed by atoms with Crippen molar-refractivity contribution in [1.82, 2.24) is 15.5 Å². The van der Waals surface area contributed by atoms with Crippen molar-refractivity contribution in [3.63, 3.8) is 0 Å². The van der Waals surface area contributed by atoms with Crippen molar-refractivity contribution in [3.05, 3.63) is 0 Å². The molecule has 0 bridgehead atoms. The molecule has 1 aliphatic carbocycles. The molecule has 6 heteroatoms. The van der Waals surface area contributed by atoms with Crippen LogP contribution in [-0.4, -0.2) is 75.5 Å². The van der Waals surface area contributed by atoms with E-state index in [1.807, 2.05) is 0 Å².